The molecule has 243 valence electrons. The van der Waals surface area contributed by atoms with E-state index in [0.29, 0.717) is 0 Å². The summed E-state index contributed by atoms with van der Waals surface area (Å²) in [5.41, 5.74) is 5.72. The molecule has 50 heavy (non-hydrogen) atoms. The Balaban J connectivity index is 0.000000128. The second-order valence-corrected chi connectivity index (χ2v) is 11.1. The zero-order valence-corrected chi connectivity index (χ0v) is 29.2. The van der Waals surface area contributed by atoms with Gasteiger partial charge in [-0.25, -0.2) is 0 Å². The number of aromatic nitrogens is 3. The van der Waals surface area contributed by atoms with Crippen LogP contribution in [0.25, 0.3) is 66.1 Å². The molecule has 0 amide bonds. The molecule has 9 rings (SSSR count). The van der Waals surface area contributed by atoms with Crippen LogP contribution >= 0.6 is 0 Å². The van der Waals surface area contributed by atoms with Gasteiger partial charge in [-0.05, 0) is 67.6 Å². The average molecular weight is 823 g/mol. The van der Waals surface area contributed by atoms with E-state index in [1.165, 1.54) is 33.7 Å². The maximum atomic E-state index is 12.9. The van der Waals surface area contributed by atoms with Crippen LogP contribution in [-0.4, -0.2) is 15.0 Å². The maximum absolute atomic E-state index is 12.9. The van der Waals surface area contributed by atoms with Gasteiger partial charge in [0.25, 0.3) is 0 Å². The molecule has 0 saturated carbocycles. The van der Waals surface area contributed by atoms with E-state index in [2.05, 4.69) is 57.4 Å². The Morgan fingerprint density at radius 3 is 1.12 bits per heavy atom. The van der Waals surface area contributed by atoms with E-state index in [4.69, 9.17) is 0 Å². The quantitative estimate of drug-likeness (QED) is 0.167. The van der Waals surface area contributed by atoms with Crippen molar-refractivity contribution in [3.8, 4) is 33.8 Å². The minimum Gasteiger partial charge on any atom is -0.304 e. The molecule has 0 aliphatic rings. The molecule has 3 aromatic heterocycles. The second kappa shape index (κ2) is 16.5. The zero-order valence-electron chi connectivity index (χ0n) is 26.8. The van der Waals surface area contributed by atoms with E-state index in [9.17, 15) is 4.39 Å². The fraction of sp³-hybridized carbons (Fsp3) is 0. The maximum Gasteiger partial charge on any atom is 0.0379 e. The standard InChI is InChI=1S/C15H9FN.2C15H10N.Ir/c16-13-7-5-12(6-8-13)15-14-4-2-1-3-11(14)9-10-17-15;2*1-2-7-13(8-3-1)15-14-9-5-4-6-12(14)10-11-16-15;/h1-5,7-10H;2*1-7,9-11H;/q3*-1;. The molecule has 5 heteroatoms. The van der Waals surface area contributed by atoms with E-state index in [-0.39, 0.29) is 25.9 Å². The molecule has 0 spiro atoms. The van der Waals surface area contributed by atoms with Crippen LogP contribution in [0.1, 0.15) is 0 Å². The normalized spacial score (nSPS) is 10.3. The summed E-state index contributed by atoms with van der Waals surface area (Å²) >= 11 is 0. The third-order valence-electron chi connectivity index (χ3n) is 7.98. The van der Waals surface area contributed by atoms with Gasteiger partial charge in [0.2, 0.25) is 0 Å². The second-order valence-electron chi connectivity index (χ2n) is 11.1. The molecule has 1 radical (unpaired) electrons. The van der Waals surface area contributed by atoms with Crippen molar-refractivity contribution in [1.29, 1.82) is 0 Å². The van der Waals surface area contributed by atoms with Crippen molar-refractivity contribution < 1.29 is 24.5 Å². The minimum absolute atomic E-state index is 0. The molecule has 9 aromatic rings. The largest absolute Gasteiger partial charge is 0.304 e. The van der Waals surface area contributed by atoms with Crippen LogP contribution in [0.5, 0.6) is 0 Å². The summed E-state index contributed by atoms with van der Waals surface area (Å²) in [4.78, 5) is 13.2. The molecule has 0 saturated heterocycles. The molecule has 0 atom stereocenters. The van der Waals surface area contributed by atoms with Crippen molar-refractivity contribution in [2.75, 3.05) is 0 Å². The van der Waals surface area contributed by atoms with Gasteiger partial charge >= 0.3 is 0 Å². The smallest absolute Gasteiger partial charge is 0.0379 e. The number of pyridine rings is 3. The molecule has 0 aliphatic carbocycles. The first-order valence-corrected chi connectivity index (χ1v) is 15.9. The van der Waals surface area contributed by atoms with Crippen molar-refractivity contribution in [3.63, 3.8) is 0 Å². The number of benzene rings is 6. The minimum atomic E-state index is -0.283. The summed E-state index contributed by atoms with van der Waals surface area (Å²) in [5.74, 6) is -0.283. The van der Waals surface area contributed by atoms with Crippen molar-refractivity contribution in [1.82, 2.24) is 15.0 Å². The Kier molecular flexibility index (Phi) is 11.2. The van der Waals surface area contributed by atoms with Gasteiger partial charge in [-0.1, -0.05) is 72.8 Å². The summed E-state index contributed by atoms with van der Waals surface area (Å²) < 4.78 is 12.9. The van der Waals surface area contributed by atoms with Gasteiger partial charge < -0.3 is 15.0 Å². The average Bonchev–Trinajstić information content (AvgIpc) is 3.19. The summed E-state index contributed by atoms with van der Waals surface area (Å²) in [6, 6.07) is 60.2. The van der Waals surface area contributed by atoms with Crippen LogP contribution in [0, 0.1) is 24.0 Å². The number of halogens is 1. The molecule has 0 N–H and O–H groups in total. The van der Waals surface area contributed by atoms with E-state index in [1.54, 1.807) is 12.3 Å². The molecule has 3 heterocycles. The van der Waals surface area contributed by atoms with Gasteiger partial charge in [0, 0.05) is 44.5 Å². The van der Waals surface area contributed by atoms with Crippen molar-refractivity contribution in [2.45, 2.75) is 0 Å². The van der Waals surface area contributed by atoms with Gasteiger partial charge in [-0.2, -0.15) is 0 Å². The van der Waals surface area contributed by atoms with Gasteiger partial charge in [0.15, 0.2) is 0 Å². The van der Waals surface area contributed by atoms with E-state index < -0.39 is 0 Å². The zero-order chi connectivity index (χ0) is 33.3. The fourth-order valence-electron chi connectivity index (χ4n) is 5.64. The molecule has 0 fully saturated rings. The Morgan fingerprint density at radius 1 is 0.380 bits per heavy atom. The summed E-state index contributed by atoms with van der Waals surface area (Å²) in [7, 11) is 0. The molecular formula is C45H29FIrN3-3. The number of rotatable bonds is 3. The molecule has 6 aromatic carbocycles. The Bertz CT molecular complexity index is 2320. The van der Waals surface area contributed by atoms with E-state index >= 15 is 0 Å². The van der Waals surface area contributed by atoms with Crippen molar-refractivity contribution in [2.24, 2.45) is 0 Å². The molecule has 0 aliphatic heterocycles. The first-order valence-electron chi connectivity index (χ1n) is 15.9. The molecule has 3 nitrogen and oxygen atoms in total. The van der Waals surface area contributed by atoms with Crippen LogP contribution < -0.4 is 0 Å². The molecule has 0 bridgehead atoms. The van der Waals surface area contributed by atoms with E-state index in [0.717, 1.165) is 44.5 Å². The van der Waals surface area contributed by atoms with Gasteiger partial charge in [-0.15, -0.1) is 102 Å². The Morgan fingerprint density at radius 2 is 0.760 bits per heavy atom. The third-order valence-corrected chi connectivity index (χ3v) is 7.98. The van der Waals surface area contributed by atoms with Gasteiger partial charge in [0.05, 0.1) is 0 Å². The first-order chi connectivity index (χ1) is 24.2. The van der Waals surface area contributed by atoms with Crippen LogP contribution in [-0.2, 0) is 20.1 Å². The van der Waals surface area contributed by atoms with Crippen LogP contribution in [0.15, 0.2) is 176 Å². The summed E-state index contributed by atoms with van der Waals surface area (Å²) in [6.45, 7) is 0. The van der Waals surface area contributed by atoms with Crippen LogP contribution in [0.2, 0.25) is 0 Å². The fourth-order valence-corrected chi connectivity index (χ4v) is 5.64. The summed E-state index contributed by atoms with van der Waals surface area (Å²) in [5, 5.41) is 6.95. The Hall–Kier alpha value is -5.87. The monoisotopic (exact) mass is 823 g/mol. The summed E-state index contributed by atoms with van der Waals surface area (Å²) in [6.07, 6.45) is 5.45. The number of nitrogens with zero attached hydrogens (tertiary/aromatic N) is 3. The van der Waals surface area contributed by atoms with Gasteiger partial charge in [0.1, 0.15) is 0 Å². The predicted octanol–water partition coefficient (Wildman–Crippen LogP) is 11.2. The van der Waals surface area contributed by atoms with Gasteiger partial charge in [-0.3, -0.25) is 4.39 Å². The first kappa shape index (κ1) is 34.0. The third kappa shape index (κ3) is 7.88. The predicted molar refractivity (Wildman–Crippen MR) is 198 cm³/mol. The van der Waals surface area contributed by atoms with Crippen LogP contribution in [0.3, 0.4) is 0 Å². The van der Waals surface area contributed by atoms with Crippen molar-refractivity contribution in [3.05, 3.63) is 200 Å². The van der Waals surface area contributed by atoms with Crippen molar-refractivity contribution >= 4 is 32.3 Å². The molecule has 0 unspecified atom stereocenters. The SMILES string of the molecule is Fc1c[c-]c(-c2nccc3ccccc23)cc1.[Ir].[c-]1ccccc1-c1nccc2ccccc12.[c-]1ccccc1-c1nccc2ccccc12. The number of hydrogen-bond acceptors (Lipinski definition) is 3. The topological polar surface area (TPSA) is 38.7 Å². The Labute approximate surface area is 304 Å². The molecular weight excluding hydrogens is 794 g/mol. The van der Waals surface area contributed by atoms with Crippen LogP contribution in [0.4, 0.5) is 4.39 Å². The number of hydrogen-bond donors (Lipinski definition) is 0. The van der Waals surface area contributed by atoms with E-state index in [1.807, 2.05) is 128 Å². The number of fused-ring (bicyclic) bond motifs is 3.